The standard InChI is InChI=1S/C21H17FN3O2P/c1-12-6-14(2-3-16(12)21(24)26)19-7-13(4-5-25-19)11-27-15-8-18(22)17(10-23)20(28)9-15/h2-9H,11,28H2,1H3,(H2,24,26). The van der Waals surface area contributed by atoms with Crippen molar-refractivity contribution in [1.29, 1.82) is 5.26 Å². The van der Waals surface area contributed by atoms with Crippen LogP contribution in [0.5, 0.6) is 5.75 Å². The molecule has 140 valence electrons. The third kappa shape index (κ3) is 4.16. The molecule has 0 spiro atoms. The number of aryl methyl sites for hydroxylation is 1. The number of nitrogens with zero attached hydrogens (tertiary/aromatic N) is 2. The minimum Gasteiger partial charge on any atom is -0.489 e. The molecular formula is C21H17FN3O2P. The molecule has 28 heavy (non-hydrogen) atoms. The number of halogens is 1. The molecule has 1 heterocycles. The number of carbonyl (C=O) groups excluding carboxylic acids is 1. The van der Waals surface area contributed by atoms with Crippen molar-refractivity contribution in [3.63, 3.8) is 0 Å². The van der Waals surface area contributed by atoms with Gasteiger partial charge in [0.25, 0.3) is 0 Å². The SMILES string of the molecule is Cc1cc(-c2cc(COc3cc(F)c(C#N)c(P)c3)ccn2)ccc1C(N)=O. The Morgan fingerprint density at radius 2 is 2.07 bits per heavy atom. The molecule has 0 fully saturated rings. The molecule has 3 rings (SSSR count). The second kappa shape index (κ2) is 8.16. The summed E-state index contributed by atoms with van der Waals surface area (Å²) >= 11 is 0. The number of carbonyl (C=O) groups is 1. The molecule has 7 heteroatoms. The Kier molecular flexibility index (Phi) is 5.67. The van der Waals surface area contributed by atoms with Crippen LogP contribution < -0.4 is 15.8 Å². The summed E-state index contributed by atoms with van der Waals surface area (Å²) in [5.41, 5.74) is 8.99. The van der Waals surface area contributed by atoms with Crippen molar-refractivity contribution in [3.05, 3.63) is 76.7 Å². The topological polar surface area (TPSA) is 89.0 Å². The van der Waals surface area contributed by atoms with E-state index >= 15 is 0 Å². The van der Waals surface area contributed by atoms with Gasteiger partial charge >= 0.3 is 0 Å². The summed E-state index contributed by atoms with van der Waals surface area (Å²) < 4.78 is 19.6. The van der Waals surface area contributed by atoms with E-state index in [2.05, 4.69) is 14.2 Å². The zero-order valence-electron chi connectivity index (χ0n) is 15.1. The normalized spacial score (nSPS) is 10.4. The molecule has 1 aromatic heterocycles. The van der Waals surface area contributed by atoms with Gasteiger partial charge in [-0.15, -0.1) is 9.24 Å². The van der Waals surface area contributed by atoms with Crippen LogP contribution in [0.15, 0.2) is 48.7 Å². The van der Waals surface area contributed by atoms with Gasteiger partial charge in [0.05, 0.1) is 11.3 Å². The van der Waals surface area contributed by atoms with Crippen LogP contribution in [0.2, 0.25) is 0 Å². The molecule has 0 radical (unpaired) electrons. The molecule has 0 bridgehead atoms. The quantitative estimate of drug-likeness (QED) is 0.674. The monoisotopic (exact) mass is 393 g/mol. The van der Waals surface area contributed by atoms with E-state index < -0.39 is 11.7 Å². The van der Waals surface area contributed by atoms with E-state index in [1.165, 1.54) is 6.07 Å². The first-order valence-corrected chi connectivity index (χ1v) is 8.94. The van der Waals surface area contributed by atoms with Gasteiger partial charge < -0.3 is 10.5 Å². The van der Waals surface area contributed by atoms with Crippen molar-refractivity contribution in [1.82, 2.24) is 4.98 Å². The summed E-state index contributed by atoms with van der Waals surface area (Å²) in [6.45, 7) is 2.03. The molecule has 1 atom stereocenters. The molecule has 0 aliphatic heterocycles. The molecule has 2 aromatic carbocycles. The highest BCUT2D eigenvalue weighted by atomic mass is 31.0. The van der Waals surface area contributed by atoms with Crippen molar-refractivity contribution in [2.75, 3.05) is 0 Å². The lowest BCUT2D eigenvalue weighted by atomic mass is 10.0. The molecule has 0 aliphatic rings. The molecule has 1 unspecified atom stereocenters. The van der Waals surface area contributed by atoms with E-state index in [9.17, 15) is 9.18 Å². The molecule has 0 saturated heterocycles. The second-order valence-electron chi connectivity index (χ2n) is 6.21. The lowest BCUT2D eigenvalue weighted by Gasteiger charge is -2.10. The van der Waals surface area contributed by atoms with Crippen molar-refractivity contribution < 1.29 is 13.9 Å². The number of amides is 1. The zero-order valence-corrected chi connectivity index (χ0v) is 16.2. The van der Waals surface area contributed by atoms with Gasteiger partial charge in [0, 0.05) is 23.4 Å². The summed E-state index contributed by atoms with van der Waals surface area (Å²) in [6.07, 6.45) is 1.66. The maximum atomic E-state index is 13.9. The molecule has 1 amide bonds. The van der Waals surface area contributed by atoms with Crippen molar-refractivity contribution in [2.45, 2.75) is 13.5 Å². The minimum absolute atomic E-state index is 0.0154. The van der Waals surface area contributed by atoms with Gasteiger partial charge in [-0.05, 0) is 53.7 Å². The summed E-state index contributed by atoms with van der Waals surface area (Å²) in [5, 5.41) is 9.37. The van der Waals surface area contributed by atoms with Crippen LogP contribution in [0.4, 0.5) is 4.39 Å². The number of hydrogen-bond donors (Lipinski definition) is 1. The molecule has 2 N–H and O–H groups in total. The average molecular weight is 393 g/mol. The van der Waals surface area contributed by atoms with Crippen LogP contribution in [-0.4, -0.2) is 10.9 Å². The Labute approximate surface area is 164 Å². The van der Waals surface area contributed by atoms with Gasteiger partial charge in [-0.2, -0.15) is 5.26 Å². The highest BCUT2D eigenvalue weighted by Crippen LogP contribution is 2.23. The van der Waals surface area contributed by atoms with Gasteiger partial charge in [-0.25, -0.2) is 4.39 Å². The molecule has 0 aliphatic carbocycles. The smallest absolute Gasteiger partial charge is 0.248 e. The third-order valence-corrected chi connectivity index (χ3v) is 4.68. The predicted molar refractivity (Wildman–Crippen MR) is 108 cm³/mol. The highest BCUT2D eigenvalue weighted by Gasteiger charge is 2.10. The Morgan fingerprint density at radius 3 is 2.71 bits per heavy atom. The number of nitrogens with two attached hydrogens (primary N) is 1. The van der Waals surface area contributed by atoms with Crippen LogP contribution in [0.1, 0.15) is 27.0 Å². The first kappa shape index (κ1) is 19.5. The number of pyridine rings is 1. The van der Waals surface area contributed by atoms with Gasteiger partial charge in [-0.3, -0.25) is 9.78 Å². The van der Waals surface area contributed by atoms with Crippen LogP contribution in [0.25, 0.3) is 11.3 Å². The predicted octanol–water partition coefficient (Wildman–Crippen LogP) is 3.25. The van der Waals surface area contributed by atoms with Gasteiger partial charge in [0.15, 0.2) is 0 Å². The number of ether oxygens (including phenoxy) is 1. The fourth-order valence-corrected chi connectivity index (χ4v) is 3.16. The third-order valence-electron chi connectivity index (χ3n) is 4.22. The van der Waals surface area contributed by atoms with E-state index in [4.69, 9.17) is 15.7 Å². The van der Waals surface area contributed by atoms with E-state index in [1.807, 2.05) is 25.1 Å². The number of primary amides is 1. The number of benzene rings is 2. The van der Waals surface area contributed by atoms with Crippen molar-refractivity contribution >= 4 is 20.5 Å². The fraction of sp³-hybridized carbons (Fsp3) is 0.0952. The molecule has 3 aromatic rings. The first-order valence-electron chi connectivity index (χ1n) is 8.36. The van der Waals surface area contributed by atoms with Crippen molar-refractivity contribution in [3.8, 4) is 23.1 Å². The second-order valence-corrected chi connectivity index (χ2v) is 6.84. The first-order chi connectivity index (χ1) is 13.4. The van der Waals surface area contributed by atoms with Gasteiger partial charge in [-0.1, -0.05) is 6.07 Å². The summed E-state index contributed by atoms with van der Waals surface area (Å²) in [7, 11) is 2.33. The van der Waals surface area contributed by atoms with Crippen LogP contribution in [-0.2, 0) is 6.61 Å². The number of aromatic nitrogens is 1. The Balaban J connectivity index is 1.80. The number of hydrogen-bond acceptors (Lipinski definition) is 4. The van der Waals surface area contributed by atoms with E-state index in [0.29, 0.717) is 16.6 Å². The largest absolute Gasteiger partial charge is 0.489 e. The fourth-order valence-electron chi connectivity index (χ4n) is 2.79. The maximum absolute atomic E-state index is 13.9. The highest BCUT2D eigenvalue weighted by molar-refractivity contribution is 7.27. The van der Waals surface area contributed by atoms with Crippen molar-refractivity contribution in [2.24, 2.45) is 5.73 Å². The van der Waals surface area contributed by atoms with Gasteiger partial charge in [0.2, 0.25) is 5.91 Å². The summed E-state index contributed by atoms with van der Waals surface area (Å²) in [6, 6.07) is 13.6. The van der Waals surface area contributed by atoms with Crippen LogP contribution in [0.3, 0.4) is 0 Å². The average Bonchev–Trinajstić information content (AvgIpc) is 2.66. The Hall–Kier alpha value is -3.29. The number of nitriles is 1. The van der Waals surface area contributed by atoms with E-state index in [-0.39, 0.29) is 12.2 Å². The molecular weight excluding hydrogens is 376 g/mol. The van der Waals surface area contributed by atoms with E-state index in [1.54, 1.807) is 30.5 Å². The van der Waals surface area contributed by atoms with Crippen LogP contribution >= 0.6 is 9.24 Å². The Bertz CT molecular complexity index is 1090. The zero-order chi connectivity index (χ0) is 20.3. The van der Waals surface area contributed by atoms with Gasteiger partial charge in [0.1, 0.15) is 24.2 Å². The molecule has 5 nitrogen and oxygen atoms in total. The maximum Gasteiger partial charge on any atom is 0.248 e. The Morgan fingerprint density at radius 1 is 1.29 bits per heavy atom. The lowest BCUT2D eigenvalue weighted by Crippen LogP contribution is -2.12. The minimum atomic E-state index is -0.620. The number of rotatable bonds is 5. The summed E-state index contributed by atoms with van der Waals surface area (Å²) in [5.74, 6) is -0.755. The summed E-state index contributed by atoms with van der Waals surface area (Å²) in [4.78, 5) is 15.7. The lowest BCUT2D eigenvalue weighted by molar-refractivity contribution is 0.0999. The molecule has 0 saturated carbocycles. The van der Waals surface area contributed by atoms with E-state index in [0.717, 1.165) is 22.4 Å². The van der Waals surface area contributed by atoms with Crippen LogP contribution in [0, 0.1) is 24.1 Å².